The molecule has 5 aliphatic rings. The summed E-state index contributed by atoms with van der Waals surface area (Å²) in [6, 6.07) is 0. The van der Waals surface area contributed by atoms with Gasteiger partial charge in [-0.2, -0.15) is 0 Å². The summed E-state index contributed by atoms with van der Waals surface area (Å²) in [6.07, 6.45) is 3.53. The van der Waals surface area contributed by atoms with Crippen LogP contribution in [0.1, 0.15) is 40.0 Å². The second-order valence-corrected chi connectivity index (χ2v) is 11.3. The molecule has 1 N–H and O–H groups in total. The van der Waals surface area contributed by atoms with Crippen molar-refractivity contribution in [2.75, 3.05) is 12.0 Å². The number of carbonyl (C=O) groups is 2. The van der Waals surface area contributed by atoms with Crippen LogP contribution in [0.3, 0.4) is 0 Å². The number of carbonyl (C=O) groups excluding carboxylic acids is 2. The molecule has 0 aromatic carbocycles. The molecule has 4 fully saturated rings. The Labute approximate surface area is 166 Å². The number of ether oxygens (including phenoxy) is 3. The fraction of sp³-hybridized carbons (Fsp3) is 0.800. The number of hydrogen-bond acceptors (Lipinski definition) is 7. The zero-order chi connectivity index (χ0) is 20.3. The summed E-state index contributed by atoms with van der Waals surface area (Å²) in [6.45, 7) is 5.57. The number of epoxide rings is 1. The molecule has 0 amide bonds. The van der Waals surface area contributed by atoms with Crippen LogP contribution >= 0.6 is 0 Å². The Balaban J connectivity index is 1.66. The van der Waals surface area contributed by atoms with Crippen LogP contribution in [-0.2, 0) is 34.6 Å². The Morgan fingerprint density at radius 3 is 2.61 bits per heavy atom. The summed E-state index contributed by atoms with van der Waals surface area (Å²) in [5, 5.41) is 11.1. The van der Waals surface area contributed by atoms with E-state index in [9.17, 15) is 18.9 Å². The van der Waals surface area contributed by atoms with Gasteiger partial charge in [0.15, 0.2) is 11.7 Å². The molecule has 0 bridgehead atoms. The van der Waals surface area contributed by atoms with Gasteiger partial charge in [-0.15, -0.1) is 0 Å². The van der Waals surface area contributed by atoms with Crippen molar-refractivity contribution in [2.45, 2.75) is 69.5 Å². The van der Waals surface area contributed by atoms with Gasteiger partial charge in [-0.05, 0) is 37.7 Å². The van der Waals surface area contributed by atoms with Gasteiger partial charge >= 0.3 is 11.9 Å². The van der Waals surface area contributed by atoms with Crippen molar-refractivity contribution < 1.29 is 33.1 Å². The molecule has 9 unspecified atom stereocenters. The third-order valence-electron chi connectivity index (χ3n) is 7.77. The highest BCUT2D eigenvalue weighted by Gasteiger charge is 2.84. The molecule has 5 rings (SSSR count). The third kappa shape index (κ3) is 2.04. The molecule has 8 heteroatoms. The van der Waals surface area contributed by atoms with Gasteiger partial charge in [0, 0.05) is 29.0 Å². The van der Waals surface area contributed by atoms with E-state index in [4.69, 9.17) is 14.2 Å². The van der Waals surface area contributed by atoms with Crippen molar-refractivity contribution in [1.29, 1.82) is 0 Å². The highest BCUT2D eigenvalue weighted by atomic mass is 32.2. The Morgan fingerprint density at radius 1 is 1.25 bits per heavy atom. The van der Waals surface area contributed by atoms with Gasteiger partial charge in [-0.3, -0.25) is 9.00 Å². The van der Waals surface area contributed by atoms with Gasteiger partial charge in [-0.1, -0.05) is 13.3 Å². The van der Waals surface area contributed by atoms with Crippen LogP contribution < -0.4 is 0 Å². The first-order valence-corrected chi connectivity index (χ1v) is 11.5. The van der Waals surface area contributed by atoms with Crippen LogP contribution in [-0.4, -0.2) is 62.8 Å². The Morgan fingerprint density at radius 2 is 1.93 bits per heavy atom. The standard InChI is InChI=1S/C20H26O7S/c1-17-6-5-7-18(2)13(17)12(26-16(18)22)14-20(27-14)10(17)8-11(21)25-15(20)19(3,23)9-28(4)24/h8,12-15,23H,5-7,9H2,1-4H3. The van der Waals surface area contributed by atoms with Crippen LogP contribution in [0.25, 0.3) is 0 Å². The second kappa shape index (κ2) is 5.26. The summed E-state index contributed by atoms with van der Waals surface area (Å²) in [5.41, 5.74) is -2.81. The van der Waals surface area contributed by atoms with Crippen molar-refractivity contribution in [1.82, 2.24) is 0 Å². The maximum Gasteiger partial charge on any atom is 0.331 e. The van der Waals surface area contributed by atoms with Crippen LogP contribution in [0.5, 0.6) is 0 Å². The van der Waals surface area contributed by atoms with Crippen molar-refractivity contribution >= 4 is 22.7 Å². The maximum atomic E-state index is 12.8. The summed E-state index contributed by atoms with van der Waals surface area (Å²) >= 11 is 0. The van der Waals surface area contributed by atoms with E-state index in [1.165, 1.54) is 19.3 Å². The number of cyclic esters (lactones) is 1. The van der Waals surface area contributed by atoms with E-state index in [0.29, 0.717) is 0 Å². The Hall–Kier alpha value is -1.25. The lowest BCUT2D eigenvalue weighted by Gasteiger charge is -2.54. The first-order valence-electron chi connectivity index (χ1n) is 9.81. The zero-order valence-corrected chi connectivity index (χ0v) is 17.3. The first kappa shape index (κ1) is 18.8. The average Bonchev–Trinajstić information content (AvgIpc) is 3.22. The van der Waals surface area contributed by atoms with Crippen LogP contribution in [0.15, 0.2) is 11.6 Å². The topological polar surface area (TPSA) is 102 Å². The van der Waals surface area contributed by atoms with Gasteiger partial charge < -0.3 is 19.3 Å². The van der Waals surface area contributed by atoms with E-state index in [2.05, 4.69) is 6.92 Å². The van der Waals surface area contributed by atoms with Gasteiger partial charge in [-0.25, -0.2) is 4.79 Å². The van der Waals surface area contributed by atoms with Gasteiger partial charge in [0.05, 0.1) is 11.2 Å². The molecule has 2 saturated heterocycles. The number of aliphatic hydroxyl groups is 1. The summed E-state index contributed by atoms with van der Waals surface area (Å²) in [7, 11) is -1.29. The van der Waals surface area contributed by atoms with Gasteiger partial charge in [0.2, 0.25) is 0 Å². The van der Waals surface area contributed by atoms with Crippen molar-refractivity contribution in [3.8, 4) is 0 Å². The lowest BCUT2D eigenvalue weighted by atomic mass is 9.47. The van der Waals surface area contributed by atoms with Crippen LogP contribution in [0.2, 0.25) is 0 Å². The second-order valence-electron chi connectivity index (χ2n) is 9.82. The monoisotopic (exact) mass is 410 g/mol. The Kier molecular flexibility index (Phi) is 3.53. The molecular formula is C20H26O7S. The van der Waals surface area contributed by atoms with E-state index in [1.807, 2.05) is 6.92 Å². The molecule has 3 aliphatic heterocycles. The van der Waals surface area contributed by atoms with Crippen molar-refractivity contribution in [3.63, 3.8) is 0 Å². The fourth-order valence-electron chi connectivity index (χ4n) is 6.87. The van der Waals surface area contributed by atoms with E-state index in [0.717, 1.165) is 24.8 Å². The largest absolute Gasteiger partial charge is 0.459 e. The summed E-state index contributed by atoms with van der Waals surface area (Å²) in [4.78, 5) is 25.3. The maximum absolute atomic E-state index is 12.8. The fourth-order valence-corrected chi connectivity index (χ4v) is 7.84. The Bertz CT molecular complexity index is 849. The third-order valence-corrected chi connectivity index (χ3v) is 8.76. The predicted molar refractivity (Wildman–Crippen MR) is 98.6 cm³/mol. The van der Waals surface area contributed by atoms with Crippen LogP contribution in [0.4, 0.5) is 0 Å². The number of rotatable bonds is 3. The summed E-state index contributed by atoms with van der Waals surface area (Å²) < 4.78 is 29.5. The molecule has 28 heavy (non-hydrogen) atoms. The van der Waals surface area contributed by atoms with E-state index >= 15 is 0 Å². The molecule has 3 heterocycles. The lowest BCUT2D eigenvalue weighted by Crippen LogP contribution is -2.64. The van der Waals surface area contributed by atoms with E-state index < -0.39 is 57.1 Å². The minimum Gasteiger partial charge on any atom is -0.459 e. The smallest absolute Gasteiger partial charge is 0.331 e. The number of hydrogen-bond donors (Lipinski definition) is 1. The minimum absolute atomic E-state index is 0.0433. The normalized spacial score (nSPS) is 51.5. The first-order chi connectivity index (χ1) is 13.0. The molecule has 0 aromatic heterocycles. The highest BCUT2D eigenvalue weighted by Crippen LogP contribution is 2.73. The lowest BCUT2D eigenvalue weighted by molar-refractivity contribution is -0.169. The van der Waals surface area contributed by atoms with Gasteiger partial charge in [0.25, 0.3) is 0 Å². The van der Waals surface area contributed by atoms with Crippen molar-refractivity contribution in [2.24, 2.45) is 16.7 Å². The van der Waals surface area contributed by atoms with Crippen molar-refractivity contribution in [3.05, 3.63) is 11.6 Å². The average molecular weight is 410 g/mol. The molecule has 2 aliphatic carbocycles. The molecule has 154 valence electrons. The molecule has 2 saturated carbocycles. The number of fused-ring (bicyclic) bond motifs is 2. The molecule has 0 radical (unpaired) electrons. The van der Waals surface area contributed by atoms with E-state index in [1.54, 1.807) is 0 Å². The quantitative estimate of drug-likeness (QED) is 0.544. The molecule has 0 aromatic rings. The highest BCUT2D eigenvalue weighted by molar-refractivity contribution is 7.84. The molecule has 1 spiro atoms. The van der Waals surface area contributed by atoms with E-state index in [-0.39, 0.29) is 17.6 Å². The molecular weight excluding hydrogens is 384 g/mol. The number of esters is 2. The molecule has 9 atom stereocenters. The predicted octanol–water partition coefficient (Wildman–Crippen LogP) is 0.857. The zero-order valence-electron chi connectivity index (χ0n) is 16.5. The minimum atomic E-state index is -1.53. The molecule has 7 nitrogen and oxygen atoms in total. The van der Waals surface area contributed by atoms with Crippen LogP contribution in [0, 0.1) is 16.7 Å². The van der Waals surface area contributed by atoms with Gasteiger partial charge in [0.1, 0.15) is 17.8 Å². The SMILES string of the molecule is CS(=O)CC(C)(O)C1OC(=O)C=C2C3(C)CCCC4(C)C(=O)OC(C43)C3OC231. The summed E-state index contributed by atoms with van der Waals surface area (Å²) in [5.74, 6) is -0.856.